The fourth-order valence-electron chi connectivity index (χ4n) is 1.17. The van der Waals surface area contributed by atoms with Crippen molar-refractivity contribution in [3.05, 3.63) is 5.82 Å². The fourth-order valence-corrected chi connectivity index (χ4v) is 2.08. The lowest BCUT2D eigenvalue weighted by molar-refractivity contribution is 0.489. The number of rotatable bonds is 6. The van der Waals surface area contributed by atoms with E-state index in [9.17, 15) is 4.39 Å². The first kappa shape index (κ1) is 11.5. The maximum Gasteiger partial charge on any atom is 0.191 e. The second kappa shape index (κ2) is 6.01. The summed E-state index contributed by atoms with van der Waals surface area (Å²) in [5.41, 5.74) is 0. The third-order valence-corrected chi connectivity index (χ3v) is 2.91. The molecule has 1 aromatic heterocycles. The Morgan fingerprint density at radius 2 is 2.21 bits per heavy atom. The van der Waals surface area contributed by atoms with Gasteiger partial charge in [-0.25, -0.2) is 0 Å². The van der Waals surface area contributed by atoms with Gasteiger partial charge in [0, 0.05) is 12.3 Å². The molecule has 0 amide bonds. The molecular formula is C9H16FN3S. The topological polar surface area (TPSA) is 30.7 Å². The van der Waals surface area contributed by atoms with E-state index in [1.807, 2.05) is 6.92 Å². The molecule has 0 radical (unpaired) electrons. The number of alkyl halides is 1. The number of hydrogen-bond donors (Lipinski definition) is 0. The fraction of sp³-hybridized carbons (Fsp3) is 0.778. The van der Waals surface area contributed by atoms with Gasteiger partial charge in [0.1, 0.15) is 5.82 Å². The van der Waals surface area contributed by atoms with Crippen molar-refractivity contribution in [2.24, 2.45) is 0 Å². The molecule has 0 bridgehead atoms. The second-order valence-electron chi connectivity index (χ2n) is 3.07. The quantitative estimate of drug-likeness (QED) is 0.541. The summed E-state index contributed by atoms with van der Waals surface area (Å²) in [5.74, 6) is 1.72. The molecule has 0 saturated heterocycles. The number of thioether (sulfide) groups is 1. The molecule has 0 aliphatic rings. The van der Waals surface area contributed by atoms with Crippen molar-refractivity contribution < 1.29 is 4.39 Å². The lowest BCUT2D eigenvalue weighted by Crippen LogP contribution is -2.01. The van der Waals surface area contributed by atoms with Gasteiger partial charge in [-0.3, -0.25) is 4.39 Å². The van der Waals surface area contributed by atoms with E-state index in [0.717, 1.165) is 29.7 Å². The van der Waals surface area contributed by atoms with Crippen molar-refractivity contribution in [1.82, 2.24) is 14.8 Å². The normalized spacial score (nSPS) is 10.8. The van der Waals surface area contributed by atoms with Crippen molar-refractivity contribution in [1.29, 1.82) is 0 Å². The lowest BCUT2D eigenvalue weighted by Gasteiger charge is -2.05. The first-order chi connectivity index (χ1) is 6.79. The van der Waals surface area contributed by atoms with Crippen molar-refractivity contribution in [2.45, 2.75) is 38.4 Å². The van der Waals surface area contributed by atoms with E-state index in [0.29, 0.717) is 6.42 Å². The van der Waals surface area contributed by atoms with Gasteiger partial charge in [-0.15, -0.1) is 10.2 Å². The minimum atomic E-state index is -0.256. The van der Waals surface area contributed by atoms with Gasteiger partial charge in [0.25, 0.3) is 0 Å². The maximum absolute atomic E-state index is 11.9. The highest BCUT2D eigenvalue weighted by Crippen LogP contribution is 2.17. The zero-order valence-corrected chi connectivity index (χ0v) is 9.48. The van der Waals surface area contributed by atoms with Crippen LogP contribution in [0, 0.1) is 6.92 Å². The highest BCUT2D eigenvalue weighted by Gasteiger charge is 2.07. The highest BCUT2D eigenvalue weighted by atomic mass is 32.2. The number of aromatic nitrogens is 3. The largest absolute Gasteiger partial charge is 0.306 e. The molecule has 1 heterocycles. The zero-order valence-electron chi connectivity index (χ0n) is 8.66. The van der Waals surface area contributed by atoms with E-state index in [4.69, 9.17) is 0 Å². The molecule has 0 atom stereocenters. The lowest BCUT2D eigenvalue weighted by atomic mass is 10.5. The molecular weight excluding hydrogens is 201 g/mol. The molecule has 3 nitrogen and oxygen atoms in total. The number of halogens is 1. The maximum atomic E-state index is 11.9. The van der Waals surface area contributed by atoms with E-state index >= 15 is 0 Å². The predicted octanol–water partition coefficient (Wildman–Crippen LogP) is 2.45. The average molecular weight is 217 g/mol. The van der Waals surface area contributed by atoms with Crippen molar-refractivity contribution in [3.8, 4) is 0 Å². The SMILES string of the molecule is CCCn1c(C)nnc1SCCCF. The van der Waals surface area contributed by atoms with Crippen LogP contribution >= 0.6 is 11.8 Å². The Hall–Kier alpha value is -0.580. The van der Waals surface area contributed by atoms with Crippen molar-refractivity contribution in [2.75, 3.05) is 12.4 Å². The van der Waals surface area contributed by atoms with Crippen LogP contribution in [0.15, 0.2) is 5.16 Å². The van der Waals surface area contributed by atoms with Crippen LogP contribution in [0.2, 0.25) is 0 Å². The van der Waals surface area contributed by atoms with Crippen LogP contribution in [0.25, 0.3) is 0 Å². The Bertz CT molecular complexity index is 275. The summed E-state index contributed by atoms with van der Waals surface area (Å²) < 4.78 is 14.0. The first-order valence-electron chi connectivity index (χ1n) is 4.88. The molecule has 0 aliphatic heterocycles. The van der Waals surface area contributed by atoms with Crippen LogP contribution in [0.5, 0.6) is 0 Å². The molecule has 1 rings (SSSR count). The first-order valence-corrected chi connectivity index (χ1v) is 5.86. The minimum Gasteiger partial charge on any atom is -0.306 e. The van der Waals surface area contributed by atoms with E-state index in [1.54, 1.807) is 11.8 Å². The van der Waals surface area contributed by atoms with Gasteiger partial charge in [-0.2, -0.15) is 0 Å². The summed E-state index contributed by atoms with van der Waals surface area (Å²) in [4.78, 5) is 0. The van der Waals surface area contributed by atoms with E-state index in [2.05, 4.69) is 21.7 Å². The molecule has 0 spiro atoms. The molecule has 14 heavy (non-hydrogen) atoms. The van der Waals surface area contributed by atoms with E-state index in [1.165, 1.54) is 0 Å². The summed E-state index contributed by atoms with van der Waals surface area (Å²) in [6.07, 6.45) is 1.65. The zero-order chi connectivity index (χ0) is 10.4. The molecule has 1 aromatic rings. The average Bonchev–Trinajstić information content (AvgIpc) is 2.51. The Morgan fingerprint density at radius 3 is 2.86 bits per heavy atom. The summed E-state index contributed by atoms with van der Waals surface area (Å²) in [6, 6.07) is 0. The molecule has 0 N–H and O–H groups in total. The summed E-state index contributed by atoms with van der Waals surface area (Å²) in [7, 11) is 0. The smallest absolute Gasteiger partial charge is 0.191 e. The Labute approximate surface area is 88.1 Å². The van der Waals surface area contributed by atoms with Gasteiger partial charge in [-0.05, 0) is 19.8 Å². The van der Waals surface area contributed by atoms with Gasteiger partial charge >= 0.3 is 0 Å². The monoisotopic (exact) mass is 217 g/mol. The predicted molar refractivity (Wildman–Crippen MR) is 56.4 cm³/mol. The third kappa shape index (κ3) is 2.97. The summed E-state index contributed by atoms with van der Waals surface area (Å²) in [6.45, 7) is 4.75. The van der Waals surface area contributed by atoms with Crippen molar-refractivity contribution >= 4 is 11.8 Å². The Kier molecular flexibility index (Phi) is 4.93. The molecule has 0 fully saturated rings. The number of nitrogens with zero attached hydrogens (tertiary/aromatic N) is 3. The van der Waals surface area contributed by atoms with Gasteiger partial charge in [-0.1, -0.05) is 18.7 Å². The summed E-state index contributed by atoms with van der Waals surface area (Å²) in [5, 5.41) is 8.99. The van der Waals surface area contributed by atoms with Gasteiger partial charge in [0.15, 0.2) is 5.16 Å². The number of aryl methyl sites for hydroxylation is 1. The Morgan fingerprint density at radius 1 is 1.43 bits per heavy atom. The molecule has 80 valence electrons. The number of hydrogen-bond acceptors (Lipinski definition) is 3. The van der Waals surface area contributed by atoms with Crippen LogP contribution in [-0.2, 0) is 6.54 Å². The molecule has 0 saturated carbocycles. The molecule has 5 heteroatoms. The van der Waals surface area contributed by atoms with E-state index < -0.39 is 0 Å². The minimum absolute atomic E-state index is 0.256. The van der Waals surface area contributed by atoms with Crippen LogP contribution < -0.4 is 0 Å². The third-order valence-electron chi connectivity index (χ3n) is 1.86. The summed E-state index contributed by atoms with van der Waals surface area (Å²) >= 11 is 1.58. The Balaban J connectivity index is 2.56. The van der Waals surface area contributed by atoms with Crippen molar-refractivity contribution in [3.63, 3.8) is 0 Å². The van der Waals surface area contributed by atoms with Crippen LogP contribution in [0.4, 0.5) is 4.39 Å². The van der Waals surface area contributed by atoms with Gasteiger partial charge < -0.3 is 4.57 Å². The highest BCUT2D eigenvalue weighted by molar-refractivity contribution is 7.99. The van der Waals surface area contributed by atoms with Crippen LogP contribution in [-0.4, -0.2) is 27.2 Å². The van der Waals surface area contributed by atoms with Crippen LogP contribution in [0.1, 0.15) is 25.6 Å². The standard InChI is InChI=1S/C9H16FN3S/c1-3-6-13-8(2)11-12-9(13)14-7-4-5-10/h3-7H2,1-2H3. The molecule has 0 aliphatic carbocycles. The molecule has 0 aromatic carbocycles. The second-order valence-corrected chi connectivity index (χ2v) is 4.13. The van der Waals surface area contributed by atoms with Crippen LogP contribution in [0.3, 0.4) is 0 Å². The van der Waals surface area contributed by atoms with E-state index in [-0.39, 0.29) is 6.67 Å². The molecule has 0 unspecified atom stereocenters. The van der Waals surface area contributed by atoms with Gasteiger partial charge in [0.05, 0.1) is 6.67 Å². The van der Waals surface area contributed by atoms with Gasteiger partial charge in [0.2, 0.25) is 0 Å².